The number of amides is 1. The number of hydrogen-bond donors (Lipinski definition) is 1. The zero-order valence-corrected chi connectivity index (χ0v) is 20.2. The van der Waals surface area contributed by atoms with Gasteiger partial charge in [0.1, 0.15) is 23.3 Å². The normalized spacial score (nSPS) is 17.0. The first kappa shape index (κ1) is 24.0. The van der Waals surface area contributed by atoms with Crippen molar-refractivity contribution in [1.29, 1.82) is 0 Å². The van der Waals surface area contributed by atoms with E-state index in [1.165, 1.54) is 4.90 Å². The van der Waals surface area contributed by atoms with Crippen molar-refractivity contribution in [3.63, 3.8) is 0 Å². The third-order valence-electron chi connectivity index (χ3n) is 5.72. The molecule has 3 aromatic rings. The van der Waals surface area contributed by atoms with Gasteiger partial charge in [-0.25, -0.2) is 0 Å². The van der Waals surface area contributed by atoms with Crippen LogP contribution in [0.2, 0.25) is 0 Å². The van der Waals surface area contributed by atoms with Crippen LogP contribution in [0.3, 0.4) is 0 Å². The Labute approximate surface area is 204 Å². The Morgan fingerprint density at radius 2 is 1.69 bits per heavy atom. The third kappa shape index (κ3) is 4.62. The van der Waals surface area contributed by atoms with Gasteiger partial charge < -0.3 is 14.6 Å². The lowest BCUT2D eigenvalue weighted by Gasteiger charge is -2.25. The summed E-state index contributed by atoms with van der Waals surface area (Å²) in [5.74, 6) is -0.903. The van der Waals surface area contributed by atoms with E-state index >= 15 is 0 Å². The van der Waals surface area contributed by atoms with E-state index in [0.717, 1.165) is 11.1 Å². The predicted octanol–water partition coefficient (Wildman–Crippen LogP) is 5.12. The largest absolute Gasteiger partial charge is 0.507 e. The molecule has 35 heavy (non-hydrogen) atoms. The average Bonchev–Trinajstić information content (AvgIpc) is 3.10. The smallest absolute Gasteiger partial charge is 0.300 e. The Balaban J connectivity index is 1.95. The molecule has 0 spiro atoms. The van der Waals surface area contributed by atoms with Crippen LogP contribution in [-0.2, 0) is 9.59 Å². The number of pyridine rings is 1. The third-order valence-corrected chi connectivity index (χ3v) is 5.72. The molecule has 1 aliphatic rings. The van der Waals surface area contributed by atoms with Crippen molar-refractivity contribution in [2.24, 2.45) is 0 Å². The summed E-state index contributed by atoms with van der Waals surface area (Å²) in [6, 6.07) is 15.0. The quantitative estimate of drug-likeness (QED) is 0.292. The van der Waals surface area contributed by atoms with Crippen molar-refractivity contribution >= 4 is 23.1 Å². The maximum atomic E-state index is 13.4. The van der Waals surface area contributed by atoms with Crippen LogP contribution in [0.5, 0.6) is 11.5 Å². The molecule has 180 valence electrons. The molecule has 2 aromatic carbocycles. The van der Waals surface area contributed by atoms with E-state index in [9.17, 15) is 14.7 Å². The molecular weight excluding hydrogens is 444 g/mol. The predicted molar refractivity (Wildman–Crippen MR) is 134 cm³/mol. The summed E-state index contributed by atoms with van der Waals surface area (Å²) in [6.45, 7) is 8.36. The Kier molecular flexibility index (Phi) is 6.87. The highest BCUT2D eigenvalue weighted by Gasteiger charge is 2.48. The molecule has 0 aliphatic carbocycles. The van der Waals surface area contributed by atoms with Crippen LogP contribution >= 0.6 is 0 Å². The van der Waals surface area contributed by atoms with Gasteiger partial charge in [0.2, 0.25) is 0 Å². The van der Waals surface area contributed by atoms with Crippen molar-refractivity contribution in [3.05, 3.63) is 88.8 Å². The molecule has 1 saturated heterocycles. The molecule has 0 saturated carbocycles. The summed E-state index contributed by atoms with van der Waals surface area (Å²) in [4.78, 5) is 32.6. The minimum Gasteiger partial charge on any atom is -0.507 e. The number of ether oxygens (including phenoxy) is 2. The summed E-state index contributed by atoms with van der Waals surface area (Å²) >= 11 is 0. The summed E-state index contributed by atoms with van der Waals surface area (Å²) in [5, 5.41) is 11.5. The molecule has 7 heteroatoms. The fourth-order valence-corrected chi connectivity index (χ4v) is 4.38. The summed E-state index contributed by atoms with van der Waals surface area (Å²) in [5.41, 5.74) is 3.19. The van der Waals surface area contributed by atoms with Gasteiger partial charge in [0, 0.05) is 18.0 Å². The number of rotatable bonds is 7. The second-order valence-electron chi connectivity index (χ2n) is 8.29. The molecule has 1 N–H and O–H groups in total. The molecular formula is C28H28N2O5. The van der Waals surface area contributed by atoms with Gasteiger partial charge in [0.05, 0.1) is 30.0 Å². The number of nitrogens with zero attached hydrogens (tertiary/aromatic N) is 2. The van der Waals surface area contributed by atoms with Gasteiger partial charge >= 0.3 is 0 Å². The molecule has 1 amide bonds. The van der Waals surface area contributed by atoms with Crippen molar-refractivity contribution < 1.29 is 24.2 Å². The Morgan fingerprint density at radius 3 is 2.31 bits per heavy atom. The number of anilines is 1. The number of Topliss-reactive ketones (excluding diaryl/α,β-unsaturated/α-hetero) is 1. The van der Waals surface area contributed by atoms with Gasteiger partial charge in [-0.05, 0) is 75.2 Å². The first-order valence-corrected chi connectivity index (χ1v) is 11.6. The molecule has 0 bridgehead atoms. The molecule has 4 rings (SSSR count). The number of aliphatic hydroxyl groups excluding tert-OH is 1. The number of aliphatic hydroxyl groups is 1. The number of aryl methyl sites for hydroxylation is 2. The zero-order valence-electron chi connectivity index (χ0n) is 20.2. The summed E-state index contributed by atoms with van der Waals surface area (Å²) in [7, 11) is 0. The fraction of sp³-hybridized carbons (Fsp3) is 0.250. The Hall–Kier alpha value is -4.13. The first-order valence-electron chi connectivity index (χ1n) is 11.6. The number of carbonyl (C=O) groups is 2. The van der Waals surface area contributed by atoms with Crippen molar-refractivity contribution in [1.82, 2.24) is 4.98 Å². The standard InChI is InChI=1S/C28H28N2O5/c1-5-34-20-10-11-21(23(16-20)35-6-2)26(31)24-25(22-9-7-8-12-29-22)30(28(33)27(24)32)19-14-17(3)13-18(4)15-19/h7-16,25,31H,5-6H2,1-4H3/b26-24-. The number of carbonyl (C=O) groups excluding carboxylic acids is 2. The minimum absolute atomic E-state index is 0.0435. The van der Waals surface area contributed by atoms with Gasteiger partial charge in [0.15, 0.2) is 0 Å². The SMILES string of the molecule is CCOc1ccc(/C(O)=C2/C(=O)C(=O)N(c3cc(C)cc(C)c3)C2c2ccccn2)c(OCC)c1. The molecule has 1 atom stereocenters. The van der Waals surface area contributed by atoms with Crippen LogP contribution in [0.4, 0.5) is 5.69 Å². The van der Waals surface area contributed by atoms with Crippen molar-refractivity contribution in [2.75, 3.05) is 18.1 Å². The molecule has 1 aliphatic heterocycles. The van der Waals surface area contributed by atoms with Gasteiger partial charge in [-0.2, -0.15) is 0 Å². The van der Waals surface area contributed by atoms with Gasteiger partial charge in [-0.15, -0.1) is 0 Å². The maximum Gasteiger partial charge on any atom is 0.300 e. The van der Waals surface area contributed by atoms with E-state index in [4.69, 9.17) is 9.47 Å². The van der Waals surface area contributed by atoms with Crippen LogP contribution in [0.15, 0.2) is 66.4 Å². The molecule has 0 radical (unpaired) electrons. The molecule has 2 heterocycles. The van der Waals surface area contributed by atoms with E-state index in [2.05, 4.69) is 4.98 Å². The summed E-state index contributed by atoms with van der Waals surface area (Å²) in [6.07, 6.45) is 1.60. The van der Waals surface area contributed by atoms with E-state index in [0.29, 0.717) is 41.7 Å². The second kappa shape index (κ2) is 10.0. The second-order valence-corrected chi connectivity index (χ2v) is 8.29. The number of aromatic nitrogens is 1. The first-order chi connectivity index (χ1) is 16.8. The molecule has 1 aromatic heterocycles. The molecule has 1 unspecified atom stereocenters. The van der Waals surface area contributed by atoms with E-state index in [1.54, 1.807) is 42.6 Å². The van der Waals surface area contributed by atoms with Crippen molar-refractivity contribution in [3.8, 4) is 11.5 Å². The highest BCUT2D eigenvalue weighted by molar-refractivity contribution is 6.51. The minimum atomic E-state index is -0.904. The van der Waals surface area contributed by atoms with E-state index in [-0.39, 0.29) is 11.3 Å². The average molecular weight is 473 g/mol. The monoisotopic (exact) mass is 472 g/mol. The fourth-order valence-electron chi connectivity index (χ4n) is 4.38. The maximum absolute atomic E-state index is 13.4. The highest BCUT2D eigenvalue weighted by atomic mass is 16.5. The van der Waals surface area contributed by atoms with E-state index < -0.39 is 17.7 Å². The lowest BCUT2D eigenvalue weighted by atomic mass is 9.97. The van der Waals surface area contributed by atoms with Crippen LogP contribution in [0.1, 0.15) is 42.3 Å². The highest BCUT2D eigenvalue weighted by Crippen LogP contribution is 2.43. The number of ketones is 1. The van der Waals surface area contributed by atoms with Gasteiger partial charge in [0.25, 0.3) is 11.7 Å². The van der Waals surface area contributed by atoms with Crippen molar-refractivity contribution in [2.45, 2.75) is 33.7 Å². The van der Waals surface area contributed by atoms with Gasteiger partial charge in [-0.3, -0.25) is 19.5 Å². The van der Waals surface area contributed by atoms with Crippen LogP contribution in [0, 0.1) is 13.8 Å². The summed E-state index contributed by atoms with van der Waals surface area (Å²) < 4.78 is 11.3. The molecule has 1 fully saturated rings. The van der Waals surface area contributed by atoms with Crippen LogP contribution < -0.4 is 14.4 Å². The lowest BCUT2D eigenvalue weighted by molar-refractivity contribution is -0.132. The van der Waals surface area contributed by atoms with Crippen LogP contribution in [0.25, 0.3) is 5.76 Å². The Bertz CT molecular complexity index is 1280. The molecule has 7 nitrogen and oxygen atoms in total. The zero-order chi connectivity index (χ0) is 25.1. The van der Waals surface area contributed by atoms with Gasteiger partial charge in [-0.1, -0.05) is 12.1 Å². The van der Waals surface area contributed by atoms with E-state index in [1.807, 2.05) is 45.9 Å². The Morgan fingerprint density at radius 1 is 0.971 bits per heavy atom. The topological polar surface area (TPSA) is 89.0 Å². The number of hydrogen-bond acceptors (Lipinski definition) is 6. The van der Waals surface area contributed by atoms with Crippen LogP contribution in [-0.4, -0.2) is 35.0 Å². The number of benzene rings is 2. The lowest BCUT2D eigenvalue weighted by Crippen LogP contribution is -2.30.